The van der Waals surface area contributed by atoms with Gasteiger partial charge in [0.1, 0.15) is 0 Å². The Morgan fingerprint density at radius 1 is 1.24 bits per heavy atom. The highest BCUT2D eigenvalue weighted by Crippen LogP contribution is 2.17. The molecule has 0 bridgehead atoms. The minimum atomic E-state index is -3.34. The maximum absolute atomic E-state index is 12.0. The summed E-state index contributed by atoms with van der Waals surface area (Å²) in [5, 5.41) is 5.74. The zero-order valence-electron chi connectivity index (χ0n) is 15.1. The Bertz CT molecular complexity index is 670. The number of urea groups is 1. The molecule has 1 saturated carbocycles. The summed E-state index contributed by atoms with van der Waals surface area (Å²) >= 11 is 0. The summed E-state index contributed by atoms with van der Waals surface area (Å²) in [5.74, 6) is 0. The van der Waals surface area contributed by atoms with Gasteiger partial charge in [0.15, 0.2) is 0 Å². The van der Waals surface area contributed by atoms with Gasteiger partial charge in [-0.25, -0.2) is 13.2 Å². The molecule has 0 spiro atoms. The molecule has 0 radical (unpaired) electrons. The fraction of sp³-hybridized carbons (Fsp3) is 0.611. The third-order valence-corrected chi connectivity index (χ3v) is 5.75. The molecule has 1 aliphatic carbocycles. The van der Waals surface area contributed by atoms with Crippen LogP contribution in [0.1, 0.15) is 43.2 Å². The van der Waals surface area contributed by atoms with E-state index in [9.17, 15) is 13.2 Å². The number of aryl methyl sites for hydroxylation is 1. The first kappa shape index (κ1) is 19.7. The van der Waals surface area contributed by atoms with E-state index in [4.69, 9.17) is 0 Å². The molecule has 0 aromatic heterocycles. The van der Waals surface area contributed by atoms with Crippen LogP contribution in [-0.2, 0) is 16.6 Å². The van der Waals surface area contributed by atoms with E-state index in [0.29, 0.717) is 6.54 Å². The number of benzene rings is 1. The van der Waals surface area contributed by atoms with E-state index in [0.717, 1.165) is 36.8 Å². The molecule has 6 nitrogen and oxygen atoms in total. The summed E-state index contributed by atoms with van der Waals surface area (Å²) in [5.41, 5.74) is 2.04. The van der Waals surface area contributed by atoms with Gasteiger partial charge >= 0.3 is 6.03 Å². The summed E-state index contributed by atoms with van der Waals surface area (Å²) in [6, 6.07) is 7.81. The number of carbonyl (C=O) groups excluding carboxylic acids is 1. The molecule has 1 aromatic rings. The van der Waals surface area contributed by atoms with Crippen molar-refractivity contribution in [1.29, 1.82) is 0 Å². The highest BCUT2D eigenvalue weighted by atomic mass is 32.2. The maximum Gasteiger partial charge on any atom is 0.315 e. The van der Waals surface area contributed by atoms with Crippen molar-refractivity contribution in [1.82, 2.24) is 14.9 Å². The second-order valence-electron chi connectivity index (χ2n) is 6.82. The first-order valence-corrected chi connectivity index (χ1v) is 10.7. The van der Waals surface area contributed by atoms with E-state index in [-0.39, 0.29) is 25.2 Å². The van der Waals surface area contributed by atoms with Crippen LogP contribution in [0.5, 0.6) is 0 Å². The standard InChI is InChI=1S/C18H29N3O3S/c1-15-7-6-8-16(13-15)14-21(25(2,23)24)12-11-19-18(22)20-17-9-4-3-5-10-17/h6-8,13,17H,3-5,9-12,14H2,1-2H3,(H2,19,20,22). The number of hydrogen-bond acceptors (Lipinski definition) is 3. The molecule has 0 saturated heterocycles. The first-order chi connectivity index (χ1) is 11.8. The van der Waals surface area contributed by atoms with E-state index < -0.39 is 10.0 Å². The van der Waals surface area contributed by atoms with Gasteiger partial charge < -0.3 is 10.6 Å². The molecule has 2 rings (SSSR count). The zero-order valence-corrected chi connectivity index (χ0v) is 15.9. The monoisotopic (exact) mass is 367 g/mol. The fourth-order valence-corrected chi connectivity index (χ4v) is 3.96. The molecular formula is C18H29N3O3S. The highest BCUT2D eigenvalue weighted by Gasteiger charge is 2.18. The smallest absolute Gasteiger partial charge is 0.315 e. The predicted octanol–water partition coefficient (Wildman–Crippen LogP) is 2.39. The molecule has 1 aliphatic rings. The van der Waals surface area contributed by atoms with Gasteiger partial charge in [-0.2, -0.15) is 4.31 Å². The topological polar surface area (TPSA) is 78.5 Å². The van der Waals surface area contributed by atoms with Gasteiger partial charge in [-0.1, -0.05) is 49.1 Å². The molecule has 140 valence electrons. The lowest BCUT2D eigenvalue weighted by atomic mass is 9.96. The minimum absolute atomic E-state index is 0.212. The van der Waals surface area contributed by atoms with Gasteiger partial charge in [-0.15, -0.1) is 0 Å². The number of carbonyl (C=O) groups is 1. The van der Waals surface area contributed by atoms with E-state index in [1.54, 1.807) is 0 Å². The number of hydrogen-bond donors (Lipinski definition) is 2. The van der Waals surface area contributed by atoms with Crippen LogP contribution >= 0.6 is 0 Å². The van der Waals surface area contributed by atoms with Crippen molar-refractivity contribution in [3.63, 3.8) is 0 Å². The van der Waals surface area contributed by atoms with Crippen LogP contribution in [0.3, 0.4) is 0 Å². The van der Waals surface area contributed by atoms with Gasteiger partial charge in [0.05, 0.1) is 6.26 Å². The van der Waals surface area contributed by atoms with Crippen LogP contribution < -0.4 is 10.6 Å². The molecule has 0 aliphatic heterocycles. The lowest BCUT2D eigenvalue weighted by Crippen LogP contribution is -2.45. The molecule has 25 heavy (non-hydrogen) atoms. The van der Waals surface area contributed by atoms with E-state index >= 15 is 0 Å². The summed E-state index contributed by atoms with van der Waals surface area (Å²) in [6.45, 7) is 2.83. The van der Waals surface area contributed by atoms with E-state index in [2.05, 4.69) is 10.6 Å². The normalized spacial score (nSPS) is 16.0. The van der Waals surface area contributed by atoms with Crippen molar-refractivity contribution >= 4 is 16.1 Å². The van der Waals surface area contributed by atoms with E-state index in [1.165, 1.54) is 17.0 Å². The highest BCUT2D eigenvalue weighted by molar-refractivity contribution is 7.88. The van der Waals surface area contributed by atoms with Crippen LogP contribution in [0, 0.1) is 6.92 Å². The van der Waals surface area contributed by atoms with Gasteiger partial charge in [0.25, 0.3) is 0 Å². The second kappa shape index (κ2) is 9.20. The predicted molar refractivity (Wildman–Crippen MR) is 99.8 cm³/mol. The van der Waals surface area contributed by atoms with Crippen molar-refractivity contribution in [3.8, 4) is 0 Å². The molecule has 0 unspecified atom stereocenters. The third-order valence-electron chi connectivity index (χ3n) is 4.50. The van der Waals surface area contributed by atoms with E-state index in [1.807, 2.05) is 31.2 Å². The van der Waals surface area contributed by atoms with Crippen LogP contribution in [0.15, 0.2) is 24.3 Å². The van der Waals surface area contributed by atoms with Gasteiger partial charge in [-0.05, 0) is 25.3 Å². The lowest BCUT2D eigenvalue weighted by molar-refractivity contribution is 0.231. The van der Waals surface area contributed by atoms with Crippen molar-refractivity contribution in [2.75, 3.05) is 19.3 Å². The molecule has 2 amide bonds. The number of amides is 2. The first-order valence-electron chi connectivity index (χ1n) is 8.89. The molecule has 1 aromatic carbocycles. The van der Waals surface area contributed by atoms with Crippen LogP contribution in [0.25, 0.3) is 0 Å². The average molecular weight is 368 g/mol. The summed E-state index contributed by atoms with van der Waals surface area (Å²) < 4.78 is 25.4. The van der Waals surface area contributed by atoms with Gasteiger partial charge in [0, 0.05) is 25.7 Å². The molecule has 1 fully saturated rings. The van der Waals surface area contributed by atoms with Crippen molar-refractivity contribution in [2.24, 2.45) is 0 Å². The largest absolute Gasteiger partial charge is 0.337 e. The van der Waals surface area contributed by atoms with Gasteiger partial charge in [0.2, 0.25) is 10.0 Å². The van der Waals surface area contributed by atoms with Crippen LogP contribution in [0.4, 0.5) is 4.79 Å². The number of nitrogens with one attached hydrogen (secondary N) is 2. The minimum Gasteiger partial charge on any atom is -0.337 e. The number of nitrogens with zero attached hydrogens (tertiary/aromatic N) is 1. The Morgan fingerprint density at radius 3 is 2.60 bits per heavy atom. The number of sulfonamides is 1. The van der Waals surface area contributed by atoms with Gasteiger partial charge in [-0.3, -0.25) is 0 Å². The Balaban J connectivity index is 1.82. The molecule has 0 heterocycles. The van der Waals surface area contributed by atoms with Crippen molar-refractivity contribution in [2.45, 2.75) is 51.6 Å². The Kier molecular flexibility index (Phi) is 7.25. The number of rotatable bonds is 7. The Hall–Kier alpha value is -1.60. The molecule has 2 N–H and O–H groups in total. The summed E-state index contributed by atoms with van der Waals surface area (Å²) in [4.78, 5) is 12.0. The third kappa shape index (κ3) is 7.04. The zero-order chi connectivity index (χ0) is 18.3. The van der Waals surface area contributed by atoms with Crippen LogP contribution in [-0.4, -0.2) is 44.1 Å². The maximum atomic E-state index is 12.0. The Labute approximate surface area is 151 Å². The summed E-state index contributed by atoms with van der Waals surface area (Å²) in [6.07, 6.45) is 6.80. The molecule has 7 heteroatoms. The fourth-order valence-electron chi connectivity index (χ4n) is 3.15. The summed E-state index contributed by atoms with van der Waals surface area (Å²) in [7, 11) is -3.34. The molecular weight excluding hydrogens is 338 g/mol. The lowest BCUT2D eigenvalue weighted by Gasteiger charge is -2.24. The average Bonchev–Trinajstić information content (AvgIpc) is 2.54. The van der Waals surface area contributed by atoms with Crippen molar-refractivity contribution < 1.29 is 13.2 Å². The molecule has 0 atom stereocenters. The van der Waals surface area contributed by atoms with Crippen molar-refractivity contribution in [3.05, 3.63) is 35.4 Å². The van der Waals surface area contributed by atoms with Crippen LogP contribution in [0.2, 0.25) is 0 Å². The second-order valence-corrected chi connectivity index (χ2v) is 8.80. The quantitative estimate of drug-likeness (QED) is 0.777. The SMILES string of the molecule is Cc1cccc(CN(CCNC(=O)NC2CCCCC2)S(C)(=O)=O)c1. The Morgan fingerprint density at radius 2 is 1.96 bits per heavy atom.